The normalized spacial score (nSPS) is 22.0. The van der Waals surface area contributed by atoms with Crippen LogP contribution in [0, 0.1) is 5.92 Å². The van der Waals surface area contributed by atoms with Crippen LogP contribution in [-0.2, 0) is 30.8 Å². The Morgan fingerprint density at radius 3 is 2.70 bits per heavy atom. The molecule has 0 amide bonds. The van der Waals surface area contributed by atoms with Crippen LogP contribution in [-0.4, -0.2) is 71.0 Å². The highest BCUT2D eigenvalue weighted by atomic mass is 32.2. The Morgan fingerprint density at radius 1 is 1.05 bits per heavy atom. The van der Waals surface area contributed by atoms with E-state index in [-0.39, 0.29) is 0 Å². The average Bonchev–Trinajstić information content (AvgIpc) is 3.38. The third kappa shape index (κ3) is 7.69. The van der Waals surface area contributed by atoms with Crippen molar-refractivity contribution in [3.05, 3.63) is 40.7 Å². The van der Waals surface area contributed by atoms with Crippen molar-refractivity contribution in [2.24, 2.45) is 5.92 Å². The van der Waals surface area contributed by atoms with E-state index in [1.54, 1.807) is 9.10 Å². The number of allylic oxidation sites excluding steroid dienone is 1. The number of nitrogens with zero attached hydrogens (tertiary/aromatic N) is 6. The van der Waals surface area contributed by atoms with Crippen LogP contribution in [0.1, 0.15) is 74.7 Å². The maximum Gasteiger partial charge on any atom is 0.234 e. The highest BCUT2D eigenvalue weighted by molar-refractivity contribution is 7.76. The van der Waals surface area contributed by atoms with Crippen LogP contribution in [0.15, 0.2) is 23.8 Å². The molecule has 5 rings (SSSR count). The number of tetrazole rings is 1. The summed E-state index contributed by atoms with van der Waals surface area (Å²) in [5, 5.41) is 13.1. The summed E-state index contributed by atoms with van der Waals surface area (Å²) >= 11 is -1.90. The van der Waals surface area contributed by atoms with Crippen molar-refractivity contribution in [3.63, 3.8) is 0 Å². The van der Waals surface area contributed by atoms with Crippen LogP contribution in [0.3, 0.4) is 0 Å². The first-order valence-corrected chi connectivity index (χ1v) is 15.0. The van der Waals surface area contributed by atoms with Crippen molar-refractivity contribution in [3.8, 4) is 5.75 Å². The van der Waals surface area contributed by atoms with E-state index in [1.807, 2.05) is 12.1 Å². The summed E-state index contributed by atoms with van der Waals surface area (Å²) in [6, 6.07) is 6.11. The van der Waals surface area contributed by atoms with Crippen LogP contribution >= 0.6 is 0 Å². The molecule has 1 aromatic heterocycles. The fourth-order valence-corrected chi connectivity index (χ4v) is 6.27. The summed E-state index contributed by atoms with van der Waals surface area (Å²) in [7, 11) is 0. The molecule has 1 unspecified atom stereocenters. The molecule has 1 aliphatic carbocycles. The molecule has 2 aliphatic heterocycles. The molecule has 0 bridgehead atoms. The summed E-state index contributed by atoms with van der Waals surface area (Å²) in [4.78, 5) is 4.25. The number of benzene rings is 1. The summed E-state index contributed by atoms with van der Waals surface area (Å²) in [5.41, 5.74) is 3.78. The Hall–Kier alpha value is -2.14. The van der Waals surface area contributed by atoms with Crippen LogP contribution in [0.25, 0.3) is 6.08 Å². The molecule has 9 nitrogen and oxygen atoms in total. The Kier molecular flexibility index (Phi) is 9.36. The van der Waals surface area contributed by atoms with E-state index in [1.165, 1.54) is 62.8 Å². The van der Waals surface area contributed by atoms with E-state index in [0.717, 1.165) is 68.4 Å². The van der Waals surface area contributed by atoms with Gasteiger partial charge in [-0.05, 0) is 111 Å². The minimum Gasteiger partial charge on any atom is -0.494 e. The van der Waals surface area contributed by atoms with Gasteiger partial charge in [0.25, 0.3) is 0 Å². The molecule has 3 aliphatic rings. The van der Waals surface area contributed by atoms with E-state index in [4.69, 9.17) is 4.74 Å². The van der Waals surface area contributed by atoms with Crippen LogP contribution in [0.4, 0.5) is 0 Å². The maximum atomic E-state index is 11.3. The Balaban J connectivity index is 0.988. The highest BCUT2D eigenvalue weighted by Crippen LogP contribution is 2.32. The Labute approximate surface area is 222 Å². The van der Waals surface area contributed by atoms with Gasteiger partial charge in [-0.1, -0.05) is 18.1 Å². The molecule has 1 aromatic carbocycles. The van der Waals surface area contributed by atoms with E-state index in [9.17, 15) is 8.76 Å². The van der Waals surface area contributed by atoms with E-state index >= 15 is 0 Å². The van der Waals surface area contributed by atoms with Gasteiger partial charge in [0.2, 0.25) is 11.3 Å². The predicted octanol–water partition coefficient (Wildman–Crippen LogP) is 4.09. The second kappa shape index (κ2) is 13.1. The molecule has 10 heteroatoms. The summed E-state index contributed by atoms with van der Waals surface area (Å²) in [6.07, 6.45) is 13.8. The maximum absolute atomic E-state index is 11.3. The van der Waals surface area contributed by atoms with Crippen molar-refractivity contribution < 1.29 is 13.5 Å². The SMILES string of the molecule is O=S(O)N1CCc2cc(OCCCC3CCC(=Cc4nnn(CCN5CCCCC5)n4)CC3)ccc2C1. The molecule has 2 fully saturated rings. The van der Waals surface area contributed by atoms with E-state index < -0.39 is 11.3 Å². The van der Waals surface area contributed by atoms with Crippen LogP contribution in [0.2, 0.25) is 0 Å². The number of ether oxygens (including phenoxy) is 1. The van der Waals surface area contributed by atoms with Gasteiger partial charge in [0, 0.05) is 19.6 Å². The lowest BCUT2D eigenvalue weighted by Crippen LogP contribution is -2.33. The van der Waals surface area contributed by atoms with Gasteiger partial charge in [-0.3, -0.25) is 4.55 Å². The lowest BCUT2D eigenvalue weighted by atomic mass is 9.83. The zero-order valence-electron chi connectivity index (χ0n) is 21.8. The average molecular weight is 529 g/mol. The summed E-state index contributed by atoms with van der Waals surface area (Å²) in [5.74, 6) is 2.41. The fraction of sp³-hybridized carbons (Fsp3) is 0.667. The largest absolute Gasteiger partial charge is 0.494 e. The first kappa shape index (κ1) is 26.5. The van der Waals surface area contributed by atoms with Crippen molar-refractivity contribution in [1.82, 2.24) is 29.4 Å². The van der Waals surface area contributed by atoms with Gasteiger partial charge in [-0.15, -0.1) is 10.2 Å². The Morgan fingerprint density at radius 2 is 1.89 bits per heavy atom. The van der Waals surface area contributed by atoms with Gasteiger partial charge in [-0.25, -0.2) is 4.21 Å². The molecule has 1 saturated heterocycles. The molecule has 1 saturated carbocycles. The number of fused-ring (bicyclic) bond motifs is 1. The minimum atomic E-state index is -1.90. The number of piperidine rings is 1. The Bertz CT molecular complexity index is 1070. The van der Waals surface area contributed by atoms with Crippen molar-refractivity contribution in [2.75, 3.05) is 32.8 Å². The quantitative estimate of drug-likeness (QED) is 0.367. The van der Waals surface area contributed by atoms with Crippen LogP contribution < -0.4 is 4.74 Å². The topological polar surface area (TPSA) is 96.6 Å². The molecule has 1 atom stereocenters. The number of hydrogen-bond acceptors (Lipinski definition) is 6. The predicted molar refractivity (Wildman–Crippen MR) is 144 cm³/mol. The van der Waals surface area contributed by atoms with Gasteiger partial charge in [0.1, 0.15) is 5.75 Å². The van der Waals surface area contributed by atoms with Crippen molar-refractivity contribution in [1.29, 1.82) is 0 Å². The molecule has 1 N–H and O–H groups in total. The van der Waals surface area contributed by atoms with Gasteiger partial charge in [-0.2, -0.15) is 9.10 Å². The van der Waals surface area contributed by atoms with E-state index in [2.05, 4.69) is 32.5 Å². The van der Waals surface area contributed by atoms with E-state index in [0.29, 0.717) is 13.1 Å². The third-order valence-corrected chi connectivity index (χ3v) is 8.77. The van der Waals surface area contributed by atoms with Crippen LogP contribution in [0.5, 0.6) is 5.75 Å². The molecule has 37 heavy (non-hydrogen) atoms. The fourth-order valence-electron chi connectivity index (χ4n) is 5.77. The molecular weight excluding hydrogens is 488 g/mol. The van der Waals surface area contributed by atoms with Gasteiger partial charge < -0.3 is 9.64 Å². The minimum absolute atomic E-state index is 0.518. The number of likely N-dealkylation sites (tertiary alicyclic amines) is 1. The first-order valence-electron chi connectivity index (χ1n) is 13.9. The lowest BCUT2D eigenvalue weighted by Gasteiger charge is -2.25. The summed E-state index contributed by atoms with van der Waals surface area (Å²) < 4.78 is 28.2. The zero-order chi connectivity index (χ0) is 25.5. The molecule has 3 heterocycles. The smallest absolute Gasteiger partial charge is 0.234 e. The second-order valence-electron chi connectivity index (χ2n) is 10.7. The highest BCUT2D eigenvalue weighted by Gasteiger charge is 2.21. The van der Waals surface area contributed by atoms with Gasteiger partial charge in [0.15, 0.2) is 5.82 Å². The molecular formula is C27H40N6O3S. The monoisotopic (exact) mass is 528 g/mol. The number of aromatic nitrogens is 4. The lowest BCUT2D eigenvalue weighted by molar-refractivity contribution is 0.213. The summed E-state index contributed by atoms with van der Waals surface area (Å²) in [6.45, 7) is 6.07. The standard InChI is InChI=1S/C27H40N6O3S/c34-37(35)32-15-12-24-20-26(11-10-25(24)21-32)36-18-4-5-22-6-8-23(9-7-22)19-27-28-30-33(29-27)17-16-31-13-2-1-3-14-31/h10-11,19-20,22H,1-9,12-18,21H2,(H,34,35). The van der Waals surface area contributed by atoms with Crippen molar-refractivity contribution in [2.45, 2.75) is 77.3 Å². The number of hydrogen-bond donors (Lipinski definition) is 1. The zero-order valence-corrected chi connectivity index (χ0v) is 22.6. The molecule has 2 aromatic rings. The molecule has 0 radical (unpaired) electrons. The first-order chi connectivity index (χ1) is 18.1. The molecule has 0 spiro atoms. The number of rotatable bonds is 10. The second-order valence-corrected chi connectivity index (χ2v) is 11.6. The van der Waals surface area contributed by atoms with Gasteiger partial charge in [0.05, 0.1) is 13.2 Å². The van der Waals surface area contributed by atoms with Crippen molar-refractivity contribution >= 4 is 17.3 Å². The third-order valence-electron chi connectivity index (χ3n) is 8.02. The van der Waals surface area contributed by atoms with Gasteiger partial charge >= 0.3 is 0 Å². The molecule has 202 valence electrons.